The van der Waals surface area contributed by atoms with Crippen molar-refractivity contribution >= 4 is 5.97 Å². The molecule has 5 heteroatoms. The summed E-state index contributed by atoms with van der Waals surface area (Å²) in [6, 6.07) is 2.92. The van der Waals surface area contributed by atoms with Gasteiger partial charge in [0.05, 0.1) is 5.92 Å². The highest BCUT2D eigenvalue weighted by molar-refractivity contribution is 5.69. The van der Waals surface area contributed by atoms with E-state index >= 15 is 0 Å². The number of aromatic hydroxyl groups is 2. The monoisotopic (exact) mass is 381 g/mol. The molecule has 0 saturated heterocycles. The van der Waals surface area contributed by atoms with Gasteiger partial charge in [0.25, 0.3) is 0 Å². The van der Waals surface area contributed by atoms with Crippen molar-refractivity contribution < 1.29 is 20.1 Å². The molecule has 0 fully saturated rings. The van der Waals surface area contributed by atoms with Gasteiger partial charge in [0.15, 0.2) is 11.8 Å². The van der Waals surface area contributed by atoms with Crippen LogP contribution in [0.25, 0.3) is 0 Å². The Balaban J connectivity index is 2.06. The van der Waals surface area contributed by atoms with Gasteiger partial charge in [-0.15, -0.1) is 0 Å². The highest BCUT2D eigenvalue weighted by Gasteiger charge is 2.16. The fourth-order valence-corrected chi connectivity index (χ4v) is 3.61. The number of hydrogen-bond acceptors (Lipinski definition) is 3. The highest BCUT2D eigenvalue weighted by Crippen LogP contribution is 2.23. The maximum Gasteiger partial charge on any atom is 0.306 e. The van der Waals surface area contributed by atoms with E-state index in [2.05, 4.69) is 6.92 Å². The molecule has 27 heavy (non-hydrogen) atoms. The zero-order valence-electron chi connectivity index (χ0n) is 17.0. The molecule has 0 aromatic carbocycles. The second-order valence-corrected chi connectivity index (χ2v) is 7.70. The number of aromatic nitrogens is 1. The summed E-state index contributed by atoms with van der Waals surface area (Å²) < 4.78 is 1.44. The van der Waals surface area contributed by atoms with E-state index in [0.717, 1.165) is 32.1 Å². The van der Waals surface area contributed by atoms with Gasteiger partial charge in [0, 0.05) is 18.7 Å². The van der Waals surface area contributed by atoms with Crippen LogP contribution in [0, 0.1) is 5.92 Å². The van der Waals surface area contributed by atoms with Crippen LogP contribution < -0.4 is 0 Å². The largest absolute Gasteiger partial charge is 0.494 e. The van der Waals surface area contributed by atoms with Gasteiger partial charge in [0.1, 0.15) is 0 Å². The van der Waals surface area contributed by atoms with Crippen molar-refractivity contribution in [1.82, 2.24) is 4.57 Å². The van der Waals surface area contributed by atoms with Crippen molar-refractivity contribution in [3.8, 4) is 11.8 Å². The average Bonchev–Trinajstić information content (AvgIpc) is 2.96. The Morgan fingerprint density at radius 2 is 1.26 bits per heavy atom. The molecule has 1 aromatic rings. The van der Waals surface area contributed by atoms with E-state index < -0.39 is 5.97 Å². The van der Waals surface area contributed by atoms with E-state index in [0.29, 0.717) is 13.0 Å². The first-order valence-corrected chi connectivity index (χ1v) is 10.9. The number of carboxylic acids is 1. The molecule has 1 aromatic heterocycles. The number of aliphatic carboxylic acids is 1. The Morgan fingerprint density at radius 3 is 1.74 bits per heavy atom. The molecule has 1 atom stereocenters. The number of nitrogens with zero attached hydrogens (tertiary/aromatic N) is 1. The molecule has 0 aliphatic carbocycles. The van der Waals surface area contributed by atoms with Crippen LogP contribution >= 0.6 is 0 Å². The lowest BCUT2D eigenvalue weighted by atomic mass is 9.95. The standard InChI is InChI=1S/C22H39NO4/c1-2-3-4-5-6-7-8-9-10-11-14-19(22(26)27)15-12-13-18-23-20(24)16-17-21(23)25/h16-17,19,24-25H,2-15,18H2,1H3,(H,26,27). The van der Waals surface area contributed by atoms with Crippen LogP contribution in [0.15, 0.2) is 12.1 Å². The first kappa shape index (κ1) is 23.4. The minimum atomic E-state index is -0.697. The topological polar surface area (TPSA) is 82.7 Å². The maximum absolute atomic E-state index is 11.4. The SMILES string of the molecule is CCCCCCCCCCCCC(CCCCn1c(O)ccc1O)C(=O)O. The molecular weight excluding hydrogens is 342 g/mol. The summed E-state index contributed by atoms with van der Waals surface area (Å²) in [7, 11) is 0. The van der Waals surface area contributed by atoms with Gasteiger partial charge >= 0.3 is 5.97 Å². The molecule has 3 N–H and O–H groups in total. The zero-order valence-corrected chi connectivity index (χ0v) is 17.0. The average molecular weight is 382 g/mol. The second kappa shape index (κ2) is 14.4. The number of carbonyl (C=O) groups is 1. The first-order valence-electron chi connectivity index (χ1n) is 10.9. The molecule has 0 spiro atoms. The lowest BCUT2D eigenvalue weighted by Gasteiger charge is -2.13. The number of unbranched alkanes of at least 4 members (excludes halogenated alkanes) is 10. The summed E-state index contributed by atoms with van der Waals surface area (Å²) in [6.45, 7) is 2.75. The first-order chi connectivity index (χ1) is 13.1. The van der Waals surface area contributed by atoms with Crippen molar-refractivity contribution in [3.05, 3.63) is 12.1 Å². The van der Waals surface area contributed by atoms with Crippen LogP contribution in [0.5, 0.6) is 11.8 Å². The highest BCUT2D eigenvalue weighted by atomic mass is 16.4. The van der Waals surface area contributed by atoms with E-state index in [1.165, 1.54) is 68.1 Å². The van der Waals surface area contributed by atoms with Crippen molar-refractivity contribution in [2.24, 2.45) is 5.92 Å². The molecule has 0 amide bonds. The number of carboxylic acid groups (broad SMARTS) is 1. The fraction of sp³-hybridized carbons (Fsp3) is 0.773. The van der Waals surface area contributed by atoms with Gasteiger partial charge in [-0.3, -0.25) is 9.36 Å². The van der Waals surface area contributed by atoms with Gasteiger partial charge < -0.3 is 15.3 Å². The van der Waals surface area contributed by atoms with Crippen LogP contribution in [0.3, 0.4) is 0 Å². The van der Waals surface area contributed by atoms with E-state index in [1.54, 1.807) is 0 Å². The molecule has 0 aliphatic heterocycles. The van der Waals surface area contributed by atoms with Crippen LogP contribution in [-0.4, -0.2) is 25.9 Å². The predicted octanol–water partition coefficient (Wildman–Crippen LogP) is 6.08. The van der Waals surface area contributed by atoms with E-state index in [9.17, 15) is 20.1 Å². The zero-order chi connectivity index (χ0) is 19.9. The molecule has 0 aliphatic rings. The summed E-state index contributed by atoms with van der Waals surface area (Å²) >= 11 is 0. The van der Waals surface area contributed by atoms with Crippen molar-refractivity contribution in [2.45, 2.75) is 103 Å². The second-order valence-electron chi connectivity index (χ2n) is 7.70. The van der Waals surface area contributed by atoms with Gasteiger partial charge in [-0.2, -0.15) is 0 Å². The van der Waals surface area contributed by atoms with Crippen molar-refractivity contribution in [1.29, 1.82) is 0 Å². The molecule has 1 rings (SSSR count). The molecule has 156 valence electrons. The molecule has 0 bridgehead atoms. The summed E-state index contributed by atoms with van der Waals surface area (Å²) in [5, 5.41) is 28.6. The third kappa shape index (κ3) is 10.3. The van der Waals surface area contributed by atoms with Gasteiger partial charge in [-0.05, 0) is 19.3 Å². The summed E-state index contributed by atoms with van der Waals surface area (Å²) in [4.78, 5) is 11.4. The Hall–Kier alpha value is -1.65. The lowest BCUT2D eigenvalue weighted by molar-refractivity contribution is -0.142. The molecule has 1 unspecified atom stereocenters. The number of hydrogen-bond donors (Lipinski definition) is 3. The molecule has 0 saturated carbocycles. The summed E-state index contributed by atoms with van der Waals surface area (Å²) in [6.07, 6.45) is 15.6. The van der Waals surface area contributed by atoms with Gasteiger partial charge in [-0.1, -0.05) is 77.6 Å². The third-order valence-corrected chi connectivity index (χ3v) is 5.37. The Kier molecular flexibility index (Phi) is 12.5. The fourth-order valence-electron chi connectivity index (χ4n) is 3.61. The van der Waals surface area contributed by atoms with Gasteiger partial charge in [-0.25, -0.2) is 0 Å². The normalized spacial score (nSPS) is 12.3. The van der Waals surface area contributed by atoms with Crippen molar-refractivity contribution in [2.75, 3.05) is 0 Å². The van der Waals surface area contributed by atoms with E-state index in [-0.39, 0.29) is 17.7 Å². The molecule has 1 heterocycles. The smallest absolute Gasteiger partial charge is 0.306 e. The number of rotatable bonds is 17. The van der Waals surface area contributed by atoms with Crippen LogP contribution in [0.4, 0.5) is 0 Å². The van der Waals surface area contributed by atoms with E-state index in [1.807, 2.05) is 0 Å². The minimum Gasteiger partial charge on any atom is -0.494 e. The minimum absolute atomic E-state index is 0.0487. The molecule has 5 nitrogen and oxygen atoms in total. The van der Waals surface area contributed by atoms with Crippen molar-refractivity contribution in [3.63, 3.8) is 0 Å². The summed E-state index contributed by atoms with van der Waals surface area (Å²) in [5.41, 5.74) is 0. The summed E-state index contributed by atoms with van der Waals surface area (Å²) in [5.74, 6) is -0.872. The lowest BCUT2D eigenvalue weighted by Crippen LogP contribution is -2.14. The Morgan fingerprint density at radius 1 is 0.815 bits per heavy atom. The van der Waals surface area contributed by atoms with Crippen LogP contribution in [0.1, 0.15) is 96.8 Å². The van der Waals surface area contributed by atoms with E-state index in [4.69, 9.17) is 0 Å². The maximum atomic E-state index is 11.4. The third-order valence-electron chi connectivity index (χ3n) is 5.37. The quantitative estimate of drug-likeness (QED) is 0.285. The Labute approximate surface area is 164 Å². The molecular formula is C22H39NO4. The van der Waals surface area contributed by atoms with Gasteiger partial charge in [0.2, 0.25) is 0 Å². The van der Waals surface area contributed by atoms with Crippen LogP contribution in [-0.2, 0) is 11.3 Å². The Bertz CT molecular complexity index is 493. The van der Waals surface area contributed by atoms with Crippen LogP contribution in [0.2, 0.25) is 0 Å². The molecule has 0 radical (unpaired) electrons. The predicted molar refractivity (Wildman–Crippen MR) is 109 cm³/mol.